The third kappa shape index (κ3) is 5.93. The van der Waals surface area contributed by atoms with Crippen LogP contribution in [0.15, 0.2) is 192 Å². The summed E-state index contributed by atoms with van der Waals surface area (Å²) in [5.41, 5.74) is 17.4. The number of benzene rings is 8. The predicted octanol–water partition coefficient (Wildman–Crippen LogP) is 15.0. The standard InChI is InChI=1S/C57H41N3O/c1-3-14-37(15-4-1)42-16-11-17-43(36-42)55-58-54(59-56(60-55)48-22-12-21-46-45-18-6-8-25-51(45)61-53(46)48)41-32-28-39(29-33-41)38-26-30-40(31-27-38)44-20-13-24-50-52(44)47-19-5-7-23-49(47)57(50)34-9-2-10-35-57/h1,3-8,11-33,36H,2,9-10,34-35H2. The van der Waals surface area contributed by atoms with Gasteiger partial charge in [0.1, 0.15) is 11.2 Å². The normalized spacial score (nSPS) is 14.0. The third-order valence-electron chi connectivity index (χ3n) is 13.2. The quantitative estimate of drug-likeness (QED) is 0.169. The van der Waals surface area contributed by atoms with Crippen molar-refractivity contribution in [3.8, 4) is 78.7 Å². The smallest absolute Gasteiger partial charge is 0.167 e. The maximum atomic E-state index is 6.47. The van der Waals surface area contributed by atoms with Gasteiger partial charge in [-0.15, -0.1) is 0 Å². The summed E-state index contributed by atoms with van der Waals surface area (Å²) in [5, 5.41) is 2.10. The molecular weight excluding hydrogens is 743 g/mol. The number of rotatable bonds is 6. The summed E-state index contributed by atoms with van der Waals surface area (Å²) < 4.78 is 6.47. The predicted molar refractivity (Wildman–Crippen MR) is 249 cm³/mol. The molecule has 0 saturated heterocycles. The second-order valence-corrected chi connectivity index (χ2v) is 16.6. The van der Waals surface area contributed by atoms with Crippen LogP contribution in [0, 0.1) is 0 Å². The van der Waals surface area contributed by atoms with E-state index in [4.69, 9.17) is 19.4 Å². The molecule has 0 aliphatic heterocycles. The lowest BCUT2D eigenvalue weighted by Gasteiger charge is -2.36. The molecule has 8 aromatic carbocycles. The number of nitrogens with zero attached hydrogens (tertiary/aromatic N) is 3. The Kier molecular flexibility index (Phi) is 8.38. The molecule has 0 radical (unpaired) electrons. The average molecular weight is 784 g/mol. The first-order valence-corrected chi connectivity index (χ1v) is 21.5. The van der Waals surface area contributed by atoms with E-state index >= 15 is 0 Å². The van der Waals surface area contributed by atoms with Crippen molar-refractivity contribution in [3.05, 3.63) is 199 Å². The van der Waals surface area contributed by atoms with Crippen molar-refractivity contribution < 1.29 is 4.42 Å². The largest absolute Gasteiger partial charge is 0.455 e. The summed E-state index contributed by atoms with van der Waals surface area (Å²) in [6, 6.07) is 67.0. The minimum absolute atomic E-state index is 0.148. The Morgan fingerprint density at radius 3 is 1.72 bits per heavy atom. The molecule has 2 aliphatic rings. The molecule has 2 aliphatic carbocycles. The lowest BCUT2D eigenvalue weighted by molar-refractivity contribution is 0.353. The zero-order chi connectivity index (χ0) is 40.3. The van der Waals surface area contributed by atoms with E-state index in [0.29, 0.717) is 17.5 Å². The van der Waals surface area contributed by atoms with Gasteiger partial charge < -0.3 is 4.42 Å². The molecule has 61 heavy (non-hydrogen) atoms. The zero-order valence-corrected chi connectivity index (χ0v) is 33.7. The number of hydrogen-bond acceptors (Lipinski definition) is 4. The van der Waals surface area contributed by atoms with Gasteiger partial charge in [-0.1, -0.05) is 189 Å². The second kappa shape index (κ2) is 14.4. The Labute approximate surface area is 355 Å². The second-order valence-electron chi connectivity index (χ2n) is 16.6. The van der Waals surface area contributed by atoms with Gasteiger partial charge in [-0.2, -0.15) is 0 Å². The highest BCUT2D eigenvalue weighted by atomic mass is 16.3. The van der Waals surface area contributed by atoms with Crippen LogP contribution in [0.4, 0.5) is 0 Å². The molecule has 0 N–H and O–H groups in total. The van der Waals surface area contributed by atoms with E-state index in [0.717, 1.165) is 55.3 Å². The van der Waals surface area contributed by atoms with E-state index in [1.54, 1.807) is 0 Å². The van der Waals surface area contributed by atoms with Gasteiger partial charge in [0.2, 0.25) is 0 Å². The Morgan fingerprint density at radius 2 is 0.902 bits per heavy atom. The highest BCUT2D eigenvalue weighted by Crippen LogP contribution is 2.57. The van der Waals surface area contributed by atoms with Gasteiger partial charge in [0.25, 0.3) is 0 Å². The maximum absolute atomic E-state index is 6.47. The van der Waals surface area contributed by atoms with Crippen LogP contribution in [0.25, 0.3) is 101 Å². The summed E-state index contributed by atoms with van der Waals surface area (Å²) in [6.07, 6.45) is 6.40. The molecule has 0 unspecified atom stereocenters. The van der Waals surface area contributed by atoms with E-state index in [1.165, 1.54) is 71.0 Å². The minimum atomic E-state index is 0.148. The fourth-order valence-electron chi connectivity index (χ4n) is 10.2. The van der Waals surface area contributed by atoms with E-state index in [-0.39, 0.29) is 5.41 Å². The number of furan rings is 1. The van der Waals surface area contributed by atoms with Crippen molar-refractivity contribution in [2.75, 3.05) is 0 Å². The highest BCUT2D eigenvalue weighted by Gasteiger charge is 2.44. The summed E-state index contributed by atoms with van der Waals surface area (Å²) in [5.74, 6) is 1.78. The van der Waals surface area contributed by atoms with Crippen LogP contribution < -0.4 is 0 Å². The summed E-state index contributed by atoms with van der Waals surface area (Å²) >= 11 is 0. The first kappa shape index (κ1) is 35.5. The van der Waals surface area contributed by atoms with Crippen molar-refractivity contribution in [1.82, 2.24) is 15.0 Å². The first-order chi connectivity index (χ1) is 30.2. The molecule has 1 fully saturated rings. The number of hydrogen-bond donors (Lipinski definition) is 0. The molecule has 10 aromatic rings. The number of aromatic nitrogens is 3. The highest BCUT2D eigenvalue weighted by molar-refractivity contribution is 6.09. The van der Waals surface area contributed by atoms with Crippen LogP contribution in [-0.2, 0) is 5.41 Å². The topological polar surface area (TPSA) is 51.8 Å². The van der Waals surface area contributed by atoms with Gasteiger partial charge >= 0.3 is 0 Å². The molecule has 12 rings (SSSR count). The SMILES string of the molecule is c1ccc(-c2cccc(-c3nc(-c4ccc(-c5ccc(-c6cccc7c6-c6ccccc6C76CCCCC6)cc5)cc4)nc(-c4cccc5c4oc4ccccc45)n3)c2)cc1. The number of fused-ring (bicyclic) bond motifs is 8. The van der Waals surface area contributed by atoms with Gasteiger partial charge in [0, 0.05) is 27.3 Å². The van der Waals surface area contributed by atoms with Gasteiger partial charge in [-0.3, -0.25) is 0 Å². The molecule has 1 spiro atoms. The van der Waals surface area contributed by atoms with Gasteiger partial charge in [-0.05, 0) is 86.7 Å². The first-order valence-electron chi connectivity index (χ1n) is 21.5. The Balaban J connectivity index is 0.916. The molecule has 4 heteroatoms. The maximum Gasteiger partial charge on any atom is 0.167 e. The van der Waals surface area contributed by atoms with E-state index < -0.39 is 0 Å². The van der Waals surface area contributed by atoms with Crippen LogP contribution >= 0.6 is 0 Å². The lowest BCUT2D eigenvalue weighted by Crippen LogP contribution is -2.27. The fourth-order valence-corrected chi connectivity index (χ4v) is 10.2. The molecule has 0 atom stereocenters. The summed E-state index contributed by atoms with van der Waals surface area (Å²) in [4.78, 5) is 15.4. The Bertz CT molecular complexity index is 3270. The Hall–Kier alpha value is -7.43. The molecule has 0 amide bonds. The van der Waals surface area contributed by atoms with Crippen LogP contribution in [0.2, 0.25) is 0 Å². The van der Waals surface area contributed by atoms with Gasteiger partial charge in [0.05, 0.1) is 5.56 Å². The molecular formula is C57H41N3O. The molecule has 1 saturated carbocycles. The molecule has 0 bridgehead atoms. The van der Waals surface area contributed by atoms with E-state index in [2.05, 4.69) is 158 Å². The molecule has 4 nitrogen and oxygen atoms in total. The average Bonchev–Trinajstić information content (AvgIpc) is 3.85. The van der Waals surface area contributed by atoms with Crippen LogP contribution in [0.5, 0.6) is 0 Å². The van der Waals surface area contributed by atoms with Crippen molar-refractivity contribution in [1.29, 1.82) is 0 Å². The van der Waals surface area contributed by atoms with Gasteiger partial charge in [-0.25, -0.2) is 15.0 Å². The molecule has 2 heterocycles. The van der Waals surface area contributed by atoms with Crippen LogP contribution in [0.1, 0.15) is 43.2 Å². The summed E-state index contributed by atoms with van der Waals surface area (Å²) in [6.45, 7) is 0. The van der Waals surface area contributed by atoms with E-state index in [1.807, 2.05) is 30.3 Å². The monoisotopic (exact) mass is 783 g/mol. The minimum Gasteiger partial charge on any atom is -0.455 e. The van der Waals surface area contributed by atoms with Crippen molar-refractivity contribution in [3.63, 3.8) is 0 Å². The Morgan fingerprint density at radius 1 is 0.361 bits per heavy atom. The van der Waals surface area contributed by atoms with Crippen LogP contribution in [-0.4, -0.2) is 15.0 Å². The van der Waals surface area contributed by atoms with Gasteiger partial charge in [0.15, 0.2) is 17.5 Å². The molecule has 290 valence electrons. The van der Waals surface area contributed by atoms with Crippen molar-refractivity contribution >= 4 is 21.9 Å². The van der Waals surface area contributed by atoms with E-state index in [9.17, 15) is 0 Å². The lowest BCUT2D eigenvalue weighted by atomic mass is 9.68. The van der Waals surface area contributed by atoms with Crippen molar-refractivity contribution in [2.45, 2.75) is 37.5 Å². The fraction of sp³-hybridized carbons (Fsp3) is 0.105. The molecule has 2 aromatic heterocycles. The summed E-state index contributed by atoms with van der Waals surface area (Å²) in [7, 11) is 0. The third-order valence-corrected chi connectivity index (χ3v) is 13.2. The van der Waals surface area contributed by atoms with Crippen molar-refractivity contribution in [2.24, 2.45) is 0 Å². The zero-order valence-electron chi connectivity index (χ0n) is 33.7. The van der Waals surface area contributed by atoms with Crippen LogP contribution in [0.3, 0.4) is 0 Å². The number of para-hydroxylation sites is 2.